The van der Waals surface area contributed by atoms with Crippen LogP contribution in [0, 0.1) is 5.92 Å². The zero-order chi connectivity index (χ0) is 20.6. The van der Waals surface area contributed by atoms with Gasteiger partial charge >= 0.3 is 0 Å². The second kappa shape index (κ2) is 10.6. The third kappa shape index (κ3) is 5.61. The van der Waals surface area contributed by atoms with E-state index in [0.29, 0.717) is 50.1 Å². The van der Waals surface area contributed by atoms with Gasteiger partial charge in [-0.15, -0.1) is 0 Å². The number of piperidine rings is 1. The monoisotopic (exact) mass is 408 g/mol. The molecule has 2 saturated heterocycles. The summed E-state index contributed by atoms with van der Waals surface area (Å²) in [6.07, 6.45) is 3.48. The van der Waals surface area contributed by atoms with Gasteiger partial charge in [-0.25, -0.2) is 0 Å². The topological polar surface area (TPSA) is 42.0 Å². The summed E-state index contributed by atoms with van der Waals surface area (Å²) in [7, 11) is 0. The van der Waals surface area contributed by atoms with E-state index in [9.17, 15) is 4.79 Å². The van der Waals surface area contributed by atoms with Crippen LogP contribution in [0.1, 0.15) is 28.8 Å². The van der Waals surface area contributed by atoms with E-state index in [1.54, 1.807) is 0 Å². The molecule has 2 aromatic carbocycles. The van der Waals surface area contributed by atoms with Crippen molar-refractivity contribution in [3.63, 3.8) is 0 Å². The summed E-state index contributed by atoms with van der Waals surface area (Å²) in [5.41, 5.74) is 2.06. The molecule has 0 aromatic heterocycles. The molecule has 2 aliphatic rings. The van der Waals surface area contributed by atoms with E-state index < -0.39 is 0 Å². The predicted octanol–water partition coefficient (Wildman–Crippen LogP) is 3.49. The summed E-state index contributed by atoms with van der Waals surface area (Å²) in [6, 6.07) is 18.3. The third-order valence-electron chi connectivity index (χ3n) is 6.05. The molecule has 0 spiro atoms. The molecule has 5 heteroatoms. The molecule has 1 unspecified atom stereocenters. The van der Waals surface area contributed by atoms with Gasteiger partial charge in [0.1, 0.15) is 5.75 Å². The van der Waals surface area contributed by atoms with Crippen molar-refractivity contribution < 1.29 is 14.3 Å². The lowest BCUT2D eigenvalue weighted by molar-refractivity contribution is 0.0299. The summed E-state index contributed by atoms with van der Waals surface area (Å²) in [4.78, 5) is 17.3. The molecule has 5 nitrogen and oxygen atoms in total. The van der Waals surface area contributed by atoms with E-state index in [-0.39, 0.29) is 5.91 Å². The second-order valence-corrected chi connectivity index (χ2v) is 8.26. The van der Waals surface area contributed by atoms with Crippen LogP contribution in [0.5, 0.6) is 5.75 Å². The highest BCUT2D eigenvalue weighted by Gasteiger charge is 2.24. The molecule has 30 heavy (non-hydrogen) atoms. The number of morpholine rings is 1. The highest BCUT2D eigenvalue weighted by atomic mass is 16.5. The maximum atomic E-state index is 12.9. The van der Waals surface area contributed by atoms with Crippen molar-refractivity contribution in [3.05, 3.63) is 65.7 Å². The predicted molar refractivity (Wildman–Crippen MR) is 118 cm³/mol. The lowest BCUT2D eigenvalue weighted by Gasteiger charge is -2.33. The average Bonchev–Trinajstić information content (AvgIpc) is 2.83. The number of nitrogens with zero attached hydrogens (tertiary/aromatic N) is 2. The van der Waals surface area contributed by atoms with E-state index in [1.807, 2.05) is 29.2 Å². The van der Waals surface area contributed by atoms with Crippen molar-refractivity contribution in [2.24, 2.45) is 5.92 Å². The van der Waals surface area contributed by atoms with E-state index >= 15 is 0 Å². The quantitative estimate of drug-likeness (QED) is 0.703. The number of hydrogen-bond acceptors (Lipinski definition) is 4. The Morgan fingerprint density at radius 1 is 1.00 bits per heavy atom. The van der Waals surface area contributed by atoms with Crippen molar-refractivity contribution in [1.82, 2.24) is 9.80 Å². The van der Waals surface area contributed by atoms with Gasteiger partial charge in [-0.2, -0.15) is 0 Å². The summed E-state index contributed by atoms with van der Waals surface area (Å²) in [5.74, 6) is 1.25. The van der Waals surface area contributed by atoms with Crippen molar-refractivity contribution in [2.45, 2.75) is 19.3 Å². The maximum absolute atomic E-state index is 12.9. The fraction of sp³-hybridized carbons (Fsp3) is 0.480. The number of likely N-dealkylation sites (tertiary alicyclic amines) is 1. The van der Waals surface area contributed by atoms with Gasteiger partial charge in [-0.1, -0.05) is 42.5 Å². The lowest BCUT2D eigenvalue weighted by atomic mass is 9.98. The number of carbonyl (C=O) groups is 1. The molecule has 2 aromatic rings. The summed E-state index contributed by atoms with van der Waals surface area (Å²) in [6.45, 7) is 6.48. The van der Waals surface area contributed by atoms with E-state index in [0.717, 1.165) is 26.1 Å². The molecule has 2 aliphatic heterocycles. The minimum Gasteiger partial charge on any atom is -0.492 e. The second-order valence-electron chi connectivity index (χ2n) is 8.26. The lowest BCUT2D eigenvalue weighted by Crippen LogP contribution is -2.41. The minimum absolute atomic E-state index is 0.0435. The molecule has 4 rings (SSSR count). The van der Waals surface area contributed by atoms with Gasteiger partial charge in [0.15, 0.2) is 0 Å². The van der Waals surface area contributed by atoms with Crippen LogP contribution in [-0.4, -0.2) is 68.3 Å². The third-order valence-corrected chi connectivity index (χ3v) is 6.05. The molecule has 0 radical (unpaired) electrons. The first-order valence-electron chi connectivity index (χ1n) is 11.1. The molecule has 2 fully saturated rings. The Labute approximate surface area is 179 Å². The highest BCUT2D eigenvalue weighted by molar-refractivity contribution is 5.97. The summed E-state index contributed by atoms with van der Waals surface area (Å²) in [5, 5.41) is 0. The Hall–Kier alpha value is -2.37. The molecular weight excluding hydrogens is 376 g/mol. The number of amides is 1. The first-order valence-corrected chi connectivity index (χ1v) is 11.1. The number of benzene rings is 2. The van der Waals surface area contributed by atoms with Gasteiger partial charge < -0.3 is 19.3 Å². The standard InChI is InChI=1S/C25H32N2O3/c28-25(27-15-17-29-18-16-27)23-10-4-5-11-24(23)30-20-22-9-6-13-26(19-22)14-12-21-7-2-1-3-8-21/h1-5,7-8,10-11,22H,6,9,12-20H2. The molecule has 0 N–H and O–H groups in total. The van der Waals surface area contributed by atoms with Gasteiger partial charge in [-0.3, -0.25) is 4.79 Å². The van der Waals surface area contributed by atoms with Crippen molar-refractivity contribution in [3.8, 4) is 5.75 Å². The van der Waals surface area contributed by atoms with Crippen molar-refractivity contribution >= 4 is 5.91 Å². The Balaban J connectivity index is 1.30. The summed E-state index contributed by atoms with van der Waals surface area (Å²) >= 11 is 0. The van der Waals surface area contributed by atoms with Gasteiger partial charge in [0.25, 0.3) is 5.91 Å². The SMILES string of the molecule is O=C(c1ccccc1OCC1CCCN(CCc2ccccc2)C1)N1CCOCC1. The molecule has 1 atom stereocenters. The Morgan fingerprint density at radius 3 is 2.60 bits per heavy atom. The molecule has 0 aliphatic carbocycles. The number of para-hydroxylation sites is 1. The normalized spacial score (nSPS) is 20.1. The zero-order valence-electron chi connectivity index (χ0n) is 17.7. The molecule has 1 amide bonds. The molecule has 0 saturated carbocycles. The fourth-order valence-corrected chi connectivity index (χ4v) is 4.34. The Kier molecular flexibility index (Phi) is 7.38. The van der Waals surface area contributed by atoms with Crippen LogP contribution < -0.4 is 4.74 Å². The Bertz CT molecular complexity index is 805. The fourth-order valence-electron chi connectivity index (χ4n) is 4.34. The van der Waals surface area contributed by atoms with Gasteiger partial charge in [-0.05, 0) is 43.5 Å². The van der Waals surface area contributed by atoms with Crippen LogP contribution in [0.2, 0.25) is 0 Å². The van der Waals surface area contributed by atoms with Crippen LogP contribution in [-0.2, 0) is 11.2 Å². The first kappa shape index (κ1) is 20.9. The van der Waals surface area contributed by atoms with E-state index in [4.69, 9.17) is 9.47 Å². The minimum atomic E-state index is 0.0435. The van der Waals surface area contributed by atoms with E-state index in [1.165, 1.54) is 18.4 Å². The average molecular weight is 409 g/mol. The van der Waals surface area contributed by atoms with Gasteiger partial charge in [0.05, 0.1) is 25.4 Å². The number of ether oxygens (including phenoxy) is 2. The van der Waals surface area contributed by atoms with Crippen molar-refractivity contribution in [1.29, 1.82) is 0 Å². The number of carbonyl (C=O) groups excluding carboxylic acids is 1. The van der Waals surface area contributed by atoms with E-state index in [2.05, 4.69) is 35.2 Å². The smallest absolute Gasteiger partial charge is 0.257 e. The highest BCUT2D eigenvalue weighted by Crippen LogP contribution is 2.23. The zero-order valence-corrected chi connectivity index (χ0v) is 17.7. The maximum Gasteiger partial charge on any atom is 0.257 e. The summed E-state index contributed by atoms with van der Waals surface area (Å²) < 4.78 is 11.6. The largest absolute Gasteiger partial charge is 0.492 e. The van der Waals surface area contributed by atoms with Crippen LogP contribution in [0.3, 0.4) is 0 Å². The molecular formula is C25H32N2O3. The van der Waals surface area contributed by atoms with Crippen LogP contribution in [0.4, 0.5) is 0 Å². The van der Waals surface area contributed by atoms with Crippen LogP contribution >= 0.6 is 0 Å². The number of hydrogen-bond donors (Lipinski definition) is 0. The Morgan fingerprint density at radius 2 is 1.77 bits per heavy atom. The van der Waals surface area contributed by atoms with Gasteiger partial charge in [0.2, 0.25) is 0 Å². The molecule has 2 heterocycles. The number of rotatable bonds is 7. The van der Waals surface area contributed by atoms with Crippen LogP contribution in [0.15, 0.2) is 54.6 Å². The molecule has 160 valence electrons. The van der Waals surface area contributed by atoms with Gasteiger partial charge in [0, 0.05) is 32.1 Å². The molecule has 0 bridgehead atoms. The van der Waals surface area contributed by atoms with Crippen molar-refractivity contribution in [2.75, 3.05) is 52.5 Å². The first-order chi connectivity index (χ1) is 14.8. The van der Waals surface area contributed by atoms with Crippen LogP contribution in [0.25, 0.3) is 0 Å².